The van der Waals surface area contributed by atoms with Crippen LogP contribution in [0.2, 0.25) is 0 Å². The van der Waals surface area contributed by atoms with E-state index in [9.17, 15) is 4.79 Å². The lowest BCUT2D eigenvalue weighted by Crippen LogP contribution is -2.33. The van der Waals surface area contributed by atoms with Gasteiger partial charge >= 0.3 is 0 Å². The Balaban J connectivity index is 1.96. The van der Waals surface area contributed by atoms with E-state index in [-0.39, 0.29) is 0 Å². The topological polar surface area (TPSA) is 55.6 Å². The molecule has 4 nitrogen and oxygen atoms in total. The molecule has 0 saturated carbocycles. The zero-order chi connectivity index (χ0) is 12.1. The van der Waals surface area contributed by atoms with E-state index in [4.69, 9.17) is 10.5 Å². The van der Waals surface area contributed by atoms with Gasteiger partial charge < -0.3 is 10.5 Å². The number of carbonyl (C=O) groups excluding carboxylic acids is 1. The fourth-order valence-corrected chi connectivity index (χ4v) is 2.05. The Labute approximate surface area is 101 Å². The minimum Gasteiger partial charge on any atom is -0.477 e. The van der Waals surface area contributed by atoms with Crippen LogP contribution in [0.15, 0.2) is 24.3 Å². The summed E-state index contributed by atoms with van der Waals surface area (Å²) in [4.78, 5) is 13.5. The van der Waals surface area contributed by atoms with Gasteiger partial charge in [0, 0.05) is 13.1 Å². The molecule has 0 spiro atoms. The molecule has 0 aromatic heterocycles. The summed E-state index contributed by atoms with van der Waals surface area (Å²) in [5.74, 6) is 0.129. The standard InChI is InChI=1S/C13H18N2O2/c14-13(16)11-6-2-3-7-12(11)17-10-15-8-4-1-5-9-15/h2-3,6-7H,1,4-5,8-10H2,(H2,14,16). The van der Waals surface area contributed by atoms with E-state index >= 15 is 0 Å². The summed E-state index contributed by atoms with van der Waals surface area (Å²) in [5.41, 5.74) is 5.74. The van der Waals surface area contributed by atoms with Crippen molar-refractivity contribution in [2.75, 3.05) is 19.8 Å². The summed E-state index contributed by atoms with van der Waals surface area (Å²) < 4.78 is 5.66. The molecule has 0 unspecified atom stereocenters. The van der Waals surface area contributed by atoms with E-state index in [1.807, 2.05) is 6.07 Å². The van der Waals surface area contributed by atoms with Crippen LogP contribution in [0.5, 0.6) is 5.75 Å². The second-order valence-electron chi connectivity index (χ2n) is 4.31. The third-order valence-corrected chi connectivity index (χ3v) is 3.00. The van der Waals surface area contributed by atoms with Gasteiger partial charge in [0.25, 0.3) is 5.91 Å². The van der Waals surface area contributed by atoms with E-state index in [1.54, 1.807) is 18.2 Å². The number of hydrogen-bond donors (Lipinski definition) is 1. The lowest BCUT2D eigenvalue weighted by Gasteiger charge is -2.26. The van der Waals surface area contributed by atoms with E-state index in [2.05, 4.69) is 4.90 Å². The minimum absolute atomic E-state index is 0.445. The van der Waals surface area contributed by atoms with Crippen molar-refractivity contribution in [3.63, 3.8) is 0 Å². The lowest BCUT2D eigenvalue weighted by molar-refractivity contribution is 0.0958. The number of benzene rings is 1. The summed E-state index contributed by atoms with van der Waals surface area (Å²) >= 11 is 0. The lowest BCUT2D eigenvalue weighted by atomic mass is 10.1. The Morgan fingerprint density at radius 3 is 2.65 bits per heavy atom. The van der Waals surface area contributed by atoms with Gasteiger partial charge in [-0.1, -0.05) is 18.6 Å². The number of hydrogen-bond acceptors (Lipinski definition) is 3. The van der Waals surface area contributed by atoms with Crippen LogP contribution in [0.3, 0.4) is 0 Å². The van der Waals surface area contributed by atoms with Gasteiger partial charge in [-0.25, -0.2) is 0 Å². The molecule has 1 heterocycles. The first-order valence-electron chi connectivity index (χ1n) is 6.01. The normalized spacial score (nSPS) is 16.7. The molecular formula is C13H18N2O2. The molecule has 2 rings (SSSR count). The molecule has 1 saturated heterocycles. The highest BCUT2D eigenvalue weighted by Crippen LogP contribution is 2.18. The molecule has 4 heteroatoms. The number of likely N-dealkylation sites (tertiary alicyclic amines) is 1. The molecular weight excluding hydrogens is 216 g/mol. The minimum atomic E-state index is -0.445. The number of nitrogens with zero attached hydrogens (tertiary/aromatic N) is 1. The molecule has 2 N–H and O–H groups in total. The average Bonchev–Trinajstić information content (AvgIpc) is 2.38. The van der Waals surface area contributed by atoms with E-state index < -0.39 is 5.91 Å². The summed E-state index contributed by atoms with van der Waals surface area (Å²) in [6, 6.07) is 7.10. The Hall–Kier alpha value is -1.55. The highest BCUT2D eigenvalue weighted by atomic mass is 16.5. The van der Waals surface area contributed by atoms with E-state index in [1.165, 1.54) is 19.3 Å². The van der Waals surface area contributed by atoms with Crippen molar-refractivity contribution in [2.45, 2.75) is 19.3 Å². The van der Waals surface area contributed by atoms with Crippen LogP contribution >= 0.6 is 0 Å². The zero-order valence-electron chi connectivity index (χ0n) is 9.89. The van der Waals surface area contributed by atoms with Crippen LogP contribution < -0.4 is 10.5 Å². The highest BCUT2D eigenvalue weighted by Gasteiger charge is 2.12. The number of primary amides is 1. The maximum atomic E-state index is 11.2. The molecule has 1 aliphatic heterocycles. The number of amides is 1. The maximum absolute atomic E-state index is 11.2. The van der Waals surface area contributed by atoms with Crippen LogP contribution in [0, 0.1) is 0 Å². The highest BCUT2D eigenvalue weighted by molar-refractivity contribution is 5.95. The average molecular weight is 234 g/mol. The number of nitrogens with two attached hydrogens (primary N) is 1. The zero-order valence-corrected chi connectivity index (χ0v) is 9.89. The van der Waals surface area contributed by atoms with Crippen molar-refractivity contribution in [1.82, 2.24) is 4.90 Å². The van der Waals surface area contributed by atoms with Gasteiger partial charge in [-0.2, -0.15) is 0 Å². The first-order chi connectivity index (χ1) is 8.27. The van der Waals surface area contributed by atoms with Gasteiger partial charge in [-0.15, -0.1) is 0 Å². The predicted molar refractivity (Wildman–Crippen MR) is 65.9 cm³/mol. The SMILES string of the molecule is NC(=O)c1ccccc1OCN1CCCCC1. The molecule has 1 aromatic rings. The third kappa shape index (κ3) is 3.20. The maximum Gasteiger partial charge on any atom is 0.252 e. The number of rotatable bonds is 4. The van der Waals surface area contributed by atoms with Crippen LogP contribution in [0.4, 0.5) is 0 Å². The first kappa shape index (κ1) is 11.9. The molecule has 1 fully saturated rings. The molecule has 92 valence electrons. The molecule has 0 radical (unpaired) electrons. The largest absolute Gasteiger partial charge is 0.477 e. The van der Waals surface area contributed by atoms with Gasteiger partial charge in [0.05, 0.1) is 5.56 Å². The molecule has 0 aliphatic carbocycles. The van der Waals surface area contributed by atoms with Crippen molar-refractivity contribution >= 4 is 5.91 Å². The molecule has 17 heavy (non-hydrogen) atoms. The quantitative estimate of drug-likeness (QED) is 0.861. The molecule has 1 aromatic carbocycles. The Morgan fingerprint density at radius 2 is 1.94 bits per heavy atom. The number of carbonyl (C=O) groups is 1. The summed E-state index contributed by atoms with van der Waals surface area (Å²) in [6.07, 6.45) is 3.75. The first-order valence-corrected chi connectivity index (χ1v) is 6.01. The monoisotopic (exact) mass is 234 g/mol. The van der Waals surface area contributed by atoms with Crippen LogP contribution in [0.1, 0.15) is 29.6 Å². The van der Waals surface area contributed by atoms with Crippen LogP contribution in [-0.2, 0) is 0 Å². The van der Waals surface area contributed by atoms with Crippen LogP contribution in [-0.4, -0.2) is 30.6 Å². The van der Waals surface area contributed by atoms with Gasteiger partial charge in [0.2, 0.25) is 0 Å². The van der Waals surface area contributed by atoms with Crippen molar-refractivity contribution < 1.29 is 9.53 Å². The van der Waals surface area contributed by atoms with E-state index in [0.29, 0.717) is 18.0 Å². The van der Waals surface area contributed by atoms with Gasteiger partial charge in [-0.3, -0.25) is 9.69 Å². The molecule has 0 atom stereocenters. The summed E-state index contributed by atoms with van der Waals surface area (Å²) in [6.45, 7) is 2.67. The Kier molecular flexibility index (Phi) is 3.98. The van der Waals surface area contributed by atoms with Gasteiger partial charge in [-0.05, 0) is 25.0 Å². The van der Waals surface area contributed by atoms with E-state index in [0.717, 1.165) is 13.1 Å². The smallest absolute Gasteiger partial charge is 0.252 e. The molecule has 1 amide bonds. The van der Waals surface area contributed by atoms with Crippen molar-refractivity contribution in [3.05, 3.63) is 29.8 Å². The Morgan fingerprint density at radius 1 is 1.24 bits per heavy atom. The Bertz CT molecular complexity index is 387. The van der Waals surface area contributed by atoms with Crippen molar-refractivity contribution in [3.8, 4) is 5.75 Å². The van der Waals surface area contributed by atoms with Gasteiger partial charge in [0.15, 0.2) is 0 Å². The van der Waals surface area contributed by atoms with Gasteiger partial charge in [0.1, 0.15) is 12.5 Å². The second-order valence-corrected chi connectivity index (χ2v) is 4.31. The fourth-order valence-electron chi connectivity index (χ4n) is 2.05. The fraction of sp³-hybridized carbons (Fsp3) is 0.462. The van der Waals surface area contributed by atoms with Crippen molar-refractivity contribution in [2.24, 2.45) is 5.73 Å². The number of ether oxygens (including phenoxy) is 1. The third-order valence-electron chi connectivity index (χ3n) is 3.00. The predicted octanol–water partition coefficient (Wildman–Crippen LogP) is 1.61. The number of para-hydroxylation sites is 1. The number of piperidine rings is 1. The van der Waals surface area contributed by atoms with Crippen molar-refractivity contribution in [1.29, 1.82) is 0 Å². The molecule has 1 aliphatic rings. The second kappa shape index (κ2) is 5.68. The summed E-state index contributed by atoms with van der Waals surface area (Å²) in [7, 11) is 0. The summed E-state index contributed by atoms with van der Waals surface area (Å²) in [5, 5.41) is 0. The molecule has 0 bridgehead atoms. The van der Waals surface area contributed by atoms with Crippen LogP contribution in [0.25, 0.3) is 0 Å².